The number of rotatable bonds is 2. The Kier molecular flexibility index (Phi) is 4.11. The van der Waals surface area contributed by atoms with Crippen LogP contribution in [0.15, 0.2) is 112 Å². The van der Waals surface area contributed by atoms with E-state index < -0.39 is 0 Å². The van der Waals surface area contributed by atoms with Crippen LogP contribution in [0, 0.1) is 0 Å². The van der Waals surface area contributed by atoms with E-state index in [2.05, 4.69) is 72.5 Å². The van der Waals surface area contributed by atoms with Crippen LogP contribution in [0.4, 0.5) is 0 Å². The highest BCUT2D eigenvalue weighted by Crippen LogP contribution is 2.39. The number of benzene rings is 4. The molecule has 4 nitrogen and oxygen atoms in total. The van der Waals surface area contributed by atoms with Crippen LogP contribution in [0.3, 0.4) is 0 Å². The number of H-pyrrole nitrogens is 1. The molecule has 0 amide bonds. The number of halogens is 1. The maximum Gasteiger partial charge on any atom is 0.258 e. The van der Waals surface area contributed by atoms with Crippen LogP contribution in [0.25, 0.3) is 55.1 Å². The standard InChI is InChI=1S/C29H18BrN3O/c30-18-15-16-24-22(17-18)26-28(33(24)20-11-5-2-6-12-20)27-25(29(34)31-26)21-13-7-8-14-23(21)32(27)19-9-3-1-4-10-19/h1-17H,(H,31,34). The summed E-state index contributed by atoms with van der Waals surface area (Å²) in [6.45, 7) is 0. The Morgan fingerprint density at radius 1 is 0.618 bits per heavy atom. The van der Waals surface area contributed by atoms with E-state index >= 15 is 0 Å². The Hall–Kier alpha value is -4.09. The first kappa shape index (κ1) is 19.4. The predicted molar refractivity (Wildman–Crippen MR) is 143 cm³/mol. The van der Waals surface area contributed by atoms with Gasteiger partial charge < -0.3 is 14.1 Å². The highest BCUT2D eigenvalue weighted by molar-refractivity contribution is 9.10. The maximum absolute atomic E-state index is 13.6. The summed E-state index contributed by atoms with van der Waals surface area (Å²) in [5, 5.41) is 2.64. The van der Waals surface area contributed by atoms with E-state index in [4.69, 9.17) is 0 Å². The van der Waals surface area contributed by atoms with E-state index in [1.54, 1.807) is 0 Å². The second-order valence-electron chi connectivity index (χ2n) is 8.42. The third-order valence-electron chi connectivity index (χ3n) is 6.52. The first-order chi connectivity index (χ1) is 16.7. The molecule has 0 atom stereocenters. The molecule has 162 valence electrons. The van der Waals surface area contributed by atoms with E-state index in [9.17, 15) is 4.79 Å². The van der Waals surface area contributed by atoms with Gasteiger partial charge in [-0.1, -0.05) is 70.5 Å². The zero-order valence-corrected chi connectivity index (χ0v) is 19.6. The molecule has 7 aromatic rings. The minimum Gasteiger partial charge on any atom is -0.319 e. The fourth-order valence-electron chi connectivity index (χ4n) is 5.17. The molecule has 5 heteroatoms. The van der Waals surface area contributed by atoms with Gasteiger partial charge in [0.15, 0.2) is 0 Å². The Labute approximate surface area is 202 Å². The summed E-state index contributed by atoms with van der Waals surface area (Å²) < 4.78 is 5.44. The van der Waals surface area contributed by atoms with Crippen LogP contribution in [-0.2, 0) is 0 Å². The van der Waals surface area contributed by atoms with Crippen LogP contribution >= 0.6 is 15.9 Å². The van der Waals surface area contributed by atoms with Gasteiger partial charge in [-0.3, -0.25) is 4.79 Å². The van der Waals surface area contributed by atoms with Crippen molar-refractivity contribution in [1.29, 1.82) is 0 Å². The van der Waals surface area contributed by atoms with Gasteiger partial charge in [-0.15, -0.1) is 0 Å². The van der Waals surface area contributed by atoms with Gasteiger partial charge in [0.25, 0.3) is 5.56 Å². The summed E-state index contributed by atoms with van der Waals surface area (Å²) in [6.07, 6.45) is 0. The van der Waals surface area contributed by atoms with Crippen molar-refractivity contribution in [3.8, 4) is 11.4 Å². The highest BCUT2D eigenvalue weighted by atomic mass is 79.9. The topological polar surface area (TPSA) is 42.7 Å². The van der Waals surface area contributed by atoms with Crippen LogP contribution in [0.1, 0.15) is 0 Å². The zero-order chi connectivity index (χ0) is 22.8. The minimum absolute atomic E-state index is 0.0829. The lowest BCUT2D eigenvalue weighted by atomic mass is 10.1. The van der Waals surface area contributed by atoms with Crippen molar-refractivity contribution in [1.82, 2.24) is 14.1 Å². The molecule has 0 saturated heterocycles. The van der Waals surface area contributed by atoms with Crippen molar-refractivity contribution < 1.29 is 0 Å². The van der Waals surface area contributed by atoms with Crippen molar-refractivity contribution in [2.75, 3.05) is 0 Å². The fourth-order valence-corrected chi connectivity index (χ4v) is 5.54. The lowest BCUT2D eigenvalue weighted by Crippen LogP contribution is -2.07. The van der Waals surface area contributed by atoms with Gasteiger partial charge >= 0.3 is 0 Å². The van der Waals surface area contributed by atoms with Gasteiger partial charge in [0.2, 0.25) is 0 Å². The molecule has 0 aliphatic carbocycles. The highest BCUT2D eigenvalue weighted by Gasteiger charge is 2.23. The zero-order valence-electron chi connectivity index (χ0n) is 18.0. The summed E-state index contributed by atoms with van der Waals surface area (Å²) in [5.74, 6) is 0. The molecule has 0 bridgehead atoms. The van der Waals surface area contributed by atoms with Gasteiger partial charge in [-0.25, -0.2) is 0 Å². The lowest BCUT2D eigenvalue weighted by Gasteiger charge is -2.12. The van der Waals surface area contributed by atoms with Crippen LogP contribution in [0.2, 0.25) is 0 Å². The molecule has 0 unspecified atom stereocenters. The van der Waals surface area contributed by atoms with Crippen LogP contribution in [-0.4, -0.2) is 14.1 Å². The largest absolute Gasteiger partial charge is 0.319 e. The smallest absolute Gasteiger partial charge is 0.258 e. The first-order valence-corrected chi connectivity index (χ1v) is 11.9. The molecular weight excluding hydrogens is 486 g/mol. The molecule has 1 N–H and O–H groups in total. The van der Waals surface area contributed by atoms with Gasteiger partial charge in [0.1, 0.15) is 0 Å². The van der Waals surface area contributed by atoms with Crippen LogP contribution < -0.4 is 5.56 Å². The maximum atomic E-state index is 13.6. The van der Waals surface area contributed by atoms with Crippen molar-refractivity contribution in [3.63, 3.8) is 0 Å². The normalized spacial score (nSPS) is 11.8. The summed E-state index contributed by atoms with van der Waals surface area (Å²) in [7, 11) is 0. The van der Waals surface area contributed by atoms with Gasteiger partial charge in [-0.2, -0.15) is 0 Å². The molecule has 0 radical (unpaired) electrons. The number of hydrogen-bond donors (Lipinski definition) is 1. The minimum atomic E-state index is -0.0829. The Bertz CT molecular complexity index is 1930. The average molecular weight is 504 g/mol. The lowest BCUT2D eigenvalue weighted by molar-refractivity contribution is 1.14. The van der Waals surface area contributed by atoms with Gasteiger partial charge in [-0.05, 0) is 48.5 Å². The first-order valence-electron chi connectivity index (χ1n) is 11.1. The Morgan fingerprint density at radius 2 is 1.21 bits per heavy atom. The summed E-state index contributed by atoms with van der Waals surface area (Å²) >= 11 is 3.62. The van der Waals surface area contributed by atoms with Crippen molar-refractivity contribution in [3.05, 3.63) is 118 Å². The third kappa shape index (κ3) is 2.62. The molecule has 34 heavy (non-hydrogen) atoms. The SMILES string of the molecule is O=c1[nH]c2c3cc(Br)ccc3n(-c3ccccc3)c2c2c1c1ccccc1n2-c1ccccc1. The number of aromatic nitrogens is 3. The van der Waals surface area contributed by atoms with E-state index in [0.29, 0.717) is 5.39 Å². The number of nitrogens with zero attached hydrogens (tertiary/aromatic N) is 2. The summed E-state index contributed by atoms with van der Waals surface area (Å²) in [6, 6.07) is 34.9. The van der Waals surface area contributed by atoms with Crippen molar-refractivity contribution in [2.45, 2.75) is 0 Å². The molecule has 0 aliphatic heterocycles. The number of nitrogens with one attached hydrogen (secondary N) is 1. The number of hydrogen-bond acceptors (Lipinski definition) is 1. The summed E-state index contributed by atoms with van der Waals surface area (Å²) in [5.41, 5.74) is 6.74. The van der Waals surface area contributed by atoms with E-state index in [0.717, 1.165) is 54.2 Å². The molecule has 0 spiro atoms. The second-order valence-corrected chi connectivity index (χ2v) is 9.34. The fraction of sp³-hybridized carbons (Fsp3) is 0. The Balaban J connectivity index is 1.84. The van der Waals surface area contributed by atoms with Crippen molar-refractivity contribution in [2.24, 2.45) is 0 Å². The monoisotopic (exact) mass is 503 g/mol. The second kappa shape index (κ2) is 7.20. The molecule has 0 saturated carbocycles. The van der Waals surface area contributed by atoms with Crippen LogP contribution in [0.5, 0.6) is 0 Å². The quantitative estimate of drug-likeness (QED) is 0.263. The van der Waals surface area contributed by atoms with E-state index in [1.807, 2.05) is 60.7 Å². The average Bonchev–Trinajstić information content (AvgIpc) is 3.38. The summed E-state index contributed by atoms with van der Waals surface area (Å²) in [4.78, 5) is 16.9. The predicted octanol–water partition coefficient (Wildman–Crippen LogP) is 7.33. The molecule has 3 aromatic heterocycles. The number of pyridine rings is 1. The van der Waals surface area contributed by atoms with E-state index in [1.165, 1.54) is 0 Å². The van der Waals surface area contributed by atoms with E-state index in [-0.39, 0.29) is 5.56 Å². The molecule has 4 aromatic carbocycles. The number of para-hydroxylation sites is 3. The number of fused-ring (bicyclic) bond motifs is 7. The molecular formula is C29H18BrN3O. The van der Waals surface area contributed by atoms with Gasteiger partial charge in [0, 0.05) is 26.6 Å². The molecule has 0 fully saturated rings. The number of aromatic amines is 1. The van der Waals surface area contributed by atoms with Crippen molar-refractivity contribution >= 4 is 59.7 Å². The molecule has 3 heterocycles. The molecule has 7 rings (SSSR count). The molecule has 0 aliphatic rings. The van der Waals surface area contributed by atoms with Gasteiger partial charge in [0.05, 0.1) is 33.0 Å². The Morgan fingerprint density at radius 3 is 1.91 bits per heavy atom. The third-order valence-corrected chi connectivity index (χ3v) is 7.02.